The Morgan fingerprint density at radius 1 is 0.574 bits per heavy atom. The number of rotatable bonds is 2. The van der Waals surface area contributed by atoms with Crippen LogP contribution in [0.4, 0.5) is 0 Å². The Morgan fingerprint density at radius 3 is 1.68 bits per heavy atom. The minimum atomic E-state index is -4.03. The highest BCUT2D eigenvalue weighted by molar-refractivity contribution is 6.09. The number of aliphatic hydroxyl groups is 3. The lowest BCUT2D eigenvalue weighted by molar-refractivity contribution is -0.323. The molecule has 4 heterocycles. The van der Waals surface area contributed by atoms with Gasteiger partial charge in [-0.05, 0) is 36.4 Å². The Balaban J connectivity index is 1.29. The second-order valence-corrected chi connectivity index (χ2v) is 15.5. The molecule has 27 heteroatoms. The minimum absolute atomic E-state index is 0.182. The molecule has 0 saturated carbocycles. The summed E-state index contributed by atoms with van der Waals surface area (Å²) >= 11 is 0. The number of aromatic hydroxyl groups is 11. The molecule has 27 nitrogen and oxygen atoms in total. The number of ether oxygens (including phenoxy) is 7. The third-order valence-corrected chi connectivity index (χ3v) is 11.5. The molecular weight excluding hydrogens is 924 g/mol. The van der Waals surface area contributed by atoms with Gasteiger partial charge in [0.1, 0.15) is 12.7 Å². The first kappa shape index (κ1) is 44.3. The van der Waals surface area contributed by atoms with Crippen molar-refractivity contribution in [1.82, 2.24) is 0 Å². The number of fused-ring (bicyclic) bond motifs is 3. The number of cyclic esters (lactones) is 1. The van der Waals surface area contributed by atoms with Crippen LogP contribution in [0.15, 0.2) is 42.0 Å². The first-order valence-electron chi connectivity index (χ1n) is 19.1. The van der Waals surface area contributed by atoms with Crippen LogP contribution in [0.5, 0.6) is 69.0 Å². The van der Waals surface area contributed by atoms with Crippen molar-refractivity contribution in [2.24, 2.45) is 0 Å². The Kier molecular flexibility index (Phi) is 9.64. The van der Waals surface area contributed by atoms with E-state index in [-0.39, 0.29) is 6.08 Å². The Hall–Kier alpha value is -8.92. The molecule has 0 aromatic heterocycles. The summed E-state index contributed by atoms with van der Waals surface area (Å²) in [6, 6.07) is 2.38. The van der Waals surface area contributed by atoms with Crippen LogP contribution in [0.1, 0.15) is 52.9 Å². The van der Waals surface area contributed by atoms with Crippen molar-refractivity contribution in [1.29, 1.82) is 0 Å². The summed E-state index contributed by atoms with van der Waals surface area (Å²) in [4.78, 5) is 84.7. The standard InChI is InChI=1S/C41H28O27/c42-13-1-8(2-14(43)24(13)48)34(54)67-39-33-32-30(64-37(57)11-5-17(46)27(51)31-22(11)23-12(38(58)66-33)6-19(47)40(59,60)41(23,61)68-31)18(63-39)7-62-35(55)9-3-15(44)25(49)28(52)20(9)21-10(36(56)65-32)4-16(45)26(50)29(21)53/h1-6,18,23,30,32-33,39,42-46,48-53,59-61H,7H2/t18-,23-,30-,32+,33-,39+,41+/m1/s1. The monoisotopic (exact) mass is 952 g/mol. The van der Waals surface area contributed by atoms with Gasteiger partial charge in [0.25, 0.3) is 11.6 Å². The van der Waals surface area contributed by atoms with Gasteiger partial charge in [0.05, 0.1) is 33.7 Å². The second-order valence-electron chi connectivity index (χ2n) is 15.5. The number of phenols is 11. The second kappa shape index (κ2) is 14.8. The number of carbonyl (C=O) groups is 6. The Labute approximate surface area is 373 Å². The van der Waals surface area contributed by atoms with E-state index < -0.39 is 204 Å². The highest BCUT2D eigenvalue weighted by atomic mass is 16.8. The van der Waals surface area contributed by atoms with Gasteiger partial charge in [0.15, 0.2) is 64.0 Å². The fourth-order valence-corrected chi connectivity index (χ4v) is 8.26. The summed E-state index contributed by atoms with van der Waals surface area (Å²) in [5.41, 5.74) is -8.23. The predicted octanol–water partition coefficient (Wildman–Crippen LogP) is -1.10. The fourth-order valence-electron chi connectivity index (χ4n) is 8.26. The summed E-state index contributed by atoms with van der Waals surface area (Å²) in [5.74, 6) is -36.3. The highest BCUT2D eigenvalue weighted by Gasteiger charge is 2.70. The van der Waals surface area contributed by atoms with Gasteiger partial charge in [-0.1, -0.05) is 0 Å². The van der Waals surface area contributed by atoms with Crippen LogP contribution in [0.3, 0.4) is 0 Å². The number of benzene rings is 4. The van der Waals surface area contributed by atoms with Crippen molar-refractivity contribution in [2.45, 2.75) is 48.2 Å². The predicted molar refractivity (Wildman–Crippen MR) is 204 cm³/mol. The molecule has 1 fully saturated rings. The number of ketones is 1. The molecule has 68 heavy (non-hydrogen) atoms. The Bertz CT molecular complexity index is 3020. The first-order valence-corrected chi connectivity index (χ1v) is 19.1. The van der Waals surface area contributed by atoms with Gasteiger partial charge in [-0.3, -0.25) is 4.79 Å². The average molecular weight is 953 g/mol. The van der Waals surface area contributed by atoms with Crippen LogP contribution in [0.25, 0.3) is 11.1 Å². The zero-order valence-electron chi connectivity index (χ0n) is 33.2. The van der Waals surface area contributed by atoms with E-state index in [1.807, 2.05) is 0 Å². The van der Waals surface area contributed by atoms with Crippen molar-refractivity contribution in [3.05, 3.63) is 69.8 Å². The molecule has 7 atom stereocenters. The lowest BCUT2D eigenvalue weighted by Gasteiger charge is -2.44. The van der Waals surface area contributed by atoms with Gasteiger partial charge in [0.2, 0.25) is 35.4 Å². The van der Waals surface area contributed by atoms with E-state index in [1.54, 1.807) is 0 Å². The van der Waals surface area contributed by atoms with E-state index in [2.05, 4.69) is 0 Å². The highest BCUT2D eigenvalue weighted by Crippen LogP contribution is 2.60. The van der Waals surface area contributed by atoms with E-state index in [9.17, 15) is 100 Å². The van der Waals surface area contributed by atoms with Gasteiger partial charge in [0, 0.05) is 16.7 Å². The van der Waals surface area contributed by atoms with Crippen LogP contribution in [0.2, 0.25) is 0 Å². The van der Waals surface area contributed by atoms with Crippen LogP contribution >= 0.6 is 0 Å². The SMILES string of the molecule is O=C1O[C@H]2[C@H](OC(=O)c3cc(O)c(O)c(O)c3)O[C@@H]3COC(=O)c4cc(O)c(O)c(O)c4-c4c(cc(O)c(O)c4O)C(=O)O[C@H]2[C@@H]3OC(=O)c2cc(O)c(O)c3c2[C@H]2C1=CC(=O)C(O)(O)[C@@]2(O)O3. The molecule has 1 aliphatic carbocycles. The lowest BCUT2D eigenvalue weighted by Crippen LogP contribution is -2.66. The van der Waals surface area contributed by atoms with E-state index in [0.717, 1.165) is 0 Å². The molecule has 0 spiro atoms. The third-order valence-electron chi connectivity index (χ3n) is 11.5. The molecular formula is C41H28O27. The molecule has 5 aliphatic rings. The molecule has 4 aromatic carbocycles. The molecule has 4 aliphatic heterocycles. The largest absolute Gasteiger partial charge is 0.504 e. The van der Waals surface area contributed by atoms with Gasteiger partial charge in [-0.2, -0.15) is 0 Å². The molecule has 0 radical (unpaired) electrons. The van der Waals surface area contributed by atoms with Gasteiger partial charge < -0.3 is 105 Å². The number of hydrogen-bond donors (Lipinski definition) is 14. The average Bonchev–Trinajstić information content (AvgIpc) is 3.61. The molecule has 14 N–H and O–H groups in total. The fraction of sp³-hybridized carbons (Fsp3) is 0.220. The summed E-state index contributed by atoms with van der Waals surface area (Å²) in [7, 11) is 0. The molecule has 0 unspecified atom stereocenters. The summed E-state index contributed by atoms with van der Waals surface area (Å²) in [6.07, 6.45) is -12.1. The minimum Gasteiger partial charge on any atom is -0.504 e. The number of carbonyl (C=O) groups excluding carboxylic acids is 6. The smallest absolute Gasteiger partial charge is 0.340 e. The zero-order valence-corrected chi connectivity index (χ0v) is 33.2. The topological polar surface area (TPSA) is 450 Å². The van der Waals surface area contributed by atoms with Crippen LogP contribution in [-0.4, -0.2) is 156 Å². The van der Waals surface area contributed by atoms with Crippen LogP contribution in [-0.2, 0) is 38.0 Å². The summed E-state index contributed by atoms with van der Waals surface area (Å²) in [6.45, 7) is -1.29. The summed E-state index contributed by atoms with van der Waals surface area (Å²) in [5, 5.41) is 150. The quantitative estimate of drug-likeness (QED) is 0.0491. The van der Waals surface area contributed by atoms with Gasteiger partial charge in [-0.25, -0.2) is 24.0 Å². The zero-order chi connectivity index (χ0) is 49.4. The Morgan fingerprint density at radius 2 is 1.07 bits per heavy atom. The van der Waals surface area contributed by atoms with Crippen molar-refractivity contribution in [3.63, 3.8) is 0 Å². The molecule has 4 aromatic rings. The summed E-state index contributed by atoms with van der Waals surface area (Å²) < 4.78 is 39.1. The van der Waals surface area contributed by atoms with E-state index in [1.165, 1.54) is 0 Å². The normalized spacial score (nSPS) is 25.7. The van der Waals surface area contributed by atoms with E-state index in [4.69, 9.17) is 33.2 Å². The molecule has 4 bridgehead atoms. The van der Waals surface area contributed by atoms with Gasteiger partial charge >= 0.3 is 29.8 Å². The lowest BCUT2D eigenvalue weighted by atomic mass is 9.74. The van der Waals surface area contributed by atoms with Crippen molar-refractivity contribution < 1.29 is 133 Å². The van der Waals surface area contributed by atoms with Crippen molar-refractivity contribution in [2.75, 3.05) is 6.61 Å². The maximum absolute atomic E-state index is 14.6. The molecule has 0 amide bonds. The number of esters is 5. The third kappa shape index (κ3) is 6.21. The maximum atomic E-state index is 14.6. The van der Waals surface area contributed by atoms with Crippen molar-refractivity contribution >= 4 is 35.6 Å². The van der Waals surface area contributed by atoms with Crippen molar-refractivity contribution in [3.8, 4) is 80.1 Å². The molecule has 354 valence electrons. The molecule has 9 rings (SSSR count). The van der Waals surface area contributed by atoms with Gasteiger partial charge in [-0.15, -0.1) is 0 Å². The van der Waals surface area contributed by atoms with Crippen LogP contribution in [0, 0.1) is 0 Å². The number of hydrogen-bond acceptors (Lipinski definition) is 27. The van der Waals surface area contributed by atoms with E-state index >= 15 is 0 Å². The van der Waals surface area contributed by atoms with E-state index in [0.29, 0.717) is 30.3 Å². The molecule has 1 saturated heterocycles. The maximum Gasteiger partial charge on any atom is 0.340 e. The number of phenolic OH excluding ortho intramolecular Hbond substituents is 11. The van der Waals surface area contributed by atoms with Crippen LogP contribution < -0.4 is 4.74 Å². The first-order chi connectivity index (χ1) is 31.9.